The van der Waals surface area contributed by atoms with Crippen molar-refractivity contribution in [2.24, 2.45) is 5.92 Å². The number of morpholine rings is 1. The molecule has 1 aromatic carbocycles. The van der Waals surface area contributed by atoms with E-state index in [4.69, 9.17) is 4.74 Å². The fraction of sp³-hybridized carbons (Fsp3) is 0.600. The highest BCUT2D eigenvalue weighted by molar-refractivity contribution is 5.77. The van der Waals surface area contributed by atoms with Crippen molar-refractivity contribution >= 4 is 16.9 Å². The summed E-state index contributed by atoms with van der Waals surface area (Å²) in [7, 11) is 0. The number of rotatable bonds is 8. The summed E-state index contributed by atoms with van der Waals surface area (Å²) in [4.78, 5) is 19.2. The van der Waals surface area contributed by atoms with Gasteiger partial charge in [-0.05, 0) is 24.5 Å². The molecule has 1 saturated heterocycles. The normalized spacial score (nSPS) is 16.9. The van der Waals surface area contributed by atoms with Crippen LogP contribution >= 0.6 is 0 Å². The Morgan fingerprint density at radius 2 is 2.04 bits per heavy atom. The van der Waals surface area contributed by atoms with Gasteiger partial charge in [0.05, 0.1) is 30.6 Å². The van der Waals surface area contributed by atoms with Crippen molar-refractivity contribution in [1.82, 2.24) is 19.8 Å². The van der Waals surface area contributed by atoms with Crippen molar-refractivity contribution in [2.75, 3.05) is 32.8 Å². The zero-order chi connectivity index (χ0) is 18.4. The van der Waals surface area contributed by atoms with E-state index in [1.165, 1.54) is 0 Å². The van der Waals surface area contributed by atoms with Crippen LogP contribution in [0.15, 0.2) is 30.6 Å². The van der Waals surface area contributed by atoms with Gasteiger partial charge in [0.15, 0.2) is 0 Å². The number of carbonyl (C=O) groups excluding carboxylic acids is 1. The monoisotopic (exact) mass is 358 g/mol. The average molecular weight is 358 g/mol. The van der Waals surface area contributed by atoms with Crippen LogP contribution in [-0.2, 0) is 16.1 Å². The number of fused-ring (bicyclic) bond motifs is 1. The number of aryl methyl sites for hydroxylation is 1. The van der Waals surface area contributed by atoms with Gasteiger partial charge in [-0.1, -0.05) is 26.0 Å². The SMILES string of the molecule is CC(C)CC(CNC(=O)CCn1cnc2ccccc21)N1CCOCC1. The molecule has 0 aliphatic carbocycles. The summed E-state index contributed by atoms with van der Waals surface area (Å²) in [6.07, 6.45) is 3.37. The van der Waals surface area contributed by atoms with Gasteiger partial charge in [-0.25, -0.2) is 4.98 Å². The molecule has 1 fully saturated rings. The zero-order valence-electron chi connectivity index (χ0n) is 15.9. The maximum atomic E-state index is 12.4. The predicted molar refractivity (Wildman–Crippen MR) is 103 cm³/mol. The second-order valence-electron chi connectivity index (χ2n) is 7.41. The number of hydrogen-bond acceptors (Lipinski definition) is 4. The van der Waals surface area contributed by atoms with Crippen LogP contribution in [0.3, 0.4) is 0 Å². The Bertz CT molecular complexity index is 707. The molecule has 1 unspecified atom stereocenters. The van der Waals surface area contributed by atoms with Crippen LogP contribution in [-0.4, -0.2) is 59.2 Å². The molecule has 1 atom stereocenters. The minimum atomic E-state index is 0.102. The molecule has 1 N–H and O–H groups in total. The van der Waals surface area contributed by atoms with Crippen LogP contribution in [0.5, 0.6) is 0 Å². The summed E-state index contributed by atoms with van der Waals surface area (Å²) in [5.41, 5.74) is 2.04. The second-order valence-corrected chi connectivity index (χ2v) is 7.41. The molecule has 0 spiro atoms. The van der Waals surface area contributed by atoms with Crippen molar-refractivity contribution in [2.45, 2.75) is 39.3 Å². The van der Waals surface area contributed by atoms with Crippen molar-refractivity contribution in [3.05, 3.63) is 30.6 Å². The minimum absolute atomic E-state index is 0.102. The molecule has 1 aromatic heterocycles. The molecule has 26 heavy (non-hydrogen) atoms. The number of amides is 1. The van der Waals surface area contributed by atoms with Crippen LogP contribution < -0.4 is 5.32 Å². The van der Waals surface area contributed by atoms with E-state index in [1.54, 1.807) is 0 Å². The Kier molecular flexibility index (Phi) is 6.63. The fourth-order valence-electron chi connectivity index (χ4n) is 3.58. The van der Waals surface area contributed by atoms with E-state index < -0.39 is 0 Å². The van der Waals surface area contributed by atoms with E-state index in [-0.39, 0.29) is 5.91 Å². The molecule has 0 saturated carbocycles. The summed E-state index contributed by atoms with van der Waals surface area (Å²) < 4.78 is 7.50. The van der Waals surface area contributed by atoms with Crippen LogP contribution in [0, 0.1) is 5.92 Å². The standard InChI is InChI=1S/C20H30N4O2/c1-16(2)13-17(23-9-11-26-12-10-23)14-21-20(25)7-8-24-15-22-18-5-3-4-6-19(18)24/h3-6,15-17H,7-14H2,1-2H3,(H,21,25). The van der Waals surface area contributed by atoms with Gasteiger partial charge in [0, 0.05) is 38.6 Å². The van der Waals surface area contributed by atoms with Gasteiger partial charge in [-0.2, -0.15) is 0 Å². The molecule has 3 rings (SSSR count). The van der Waals surface area contributed by atoms with E-state index >= 15 is 0 Å². The quantitative estimate of drug-likeness (QED) is 0.787. The molecule has 1 amide bonds. The van der Waals surface area contributed by atoms with Gasteiger partial charge in [-0.3, -0.25) is 9.69 Å². The maximum absolute atomic E-state index is 12.4. The second kappa shape index (κ2) is 9.14. The first-order valence-electron chi connectivity index (χ1n) is 9.62. The number of nitrogens with one attached hydrogen (secondary N) is 1. The van der Waals surface area contributed by atoms with Crippen LogP contribution in [0.25, 0.3) is 11.0 Å². The average Bonchev–Trinajstić information content (AvgIpc) is 3.07. The third kappa shape index (κ3) is 5.05. The van der Waals surface area contributed by atoms with Crippen molar-refractivity contribution < 1.29 is 9.53 Å². The van der Waals surface area contributed by atoms with Crippen molar-refractivity contribution in [3.8, 4) is 0 Å². The van der Waals surface area contributed by atoms with Gasteiger partial charge in [0.1, 0.15) is 0 Å². The first-order valence-corrected chi connectivity index (χ1v) is 9.62. The molecule has 6 nitrogen and oxygen atoms in total. The maximum Gasteiger partial charge on any atom is 0.221 e. The Morgan fingerprint density at radius 3 is 2.81 bits per heavy atom. The van der Waals surface area contributed by atoms with Gasteiger partial charge in [0.25, 0.3) is 0 Å². The molecule has 2 heterocycles. The Morgan fingerprint density at radius 1 is 1.27 bits per heavy atom. The Balaban J connectivity index is 1.49. The Hall–Kier alpha value is -1.92. The van der Waals surface area contributed by atoms with E-state index in [0.717, 1.165) is 43.8 Å². The highest BCUT2D eigenvalue weighted by atomic mass is 16.5. The number of hydrogen-bond donors (Lipinski definition) is 1. The lowest BCUT2D eigenvalue weighted by Gasteiger charge is -2.35. The number of para-hydroxylation sites is 2. The summed E-state index contributed by atoms with van der Waals surface area (Å²) in [5, 5.41) is 3.14. The van der Waals surface area contributed by atoms with E-state index in [9.17, 15) is 4.79 Å². The minimum Gasteiger partial charge on any atom is -0.379 e. The molecular weight excluding hydrogens is 328 g/mol. The number of benzene rings is 1. The molecule has 2 aromatic rings. The first kappa shape index (κ1) is 18.9. The van der Waals surface area contributed by atoms with Gasteiger partial charge >= 0.3 is 0 Å². The number of nitrogens with zero attached hydrogens (tertiary/aromatic N) is 3. The van der Waals surface area contributed by atoms with Gasteiger partial charge < -0.3 is 14.6 Å². The van der Waals surface area contributed by atoms with Crippen LogP contribution in [0.2, 0.25) is 0 Å². The van der Waals surface area contributed by atoms with Crippen LogP contribution in [0.1, 0.15) is 26.7 Å². The summed E-state index contributed by atoms with van der Waals surface area (Å²) in [5.74, 6) is 0.710. The number of aromatic nitrogens is 2. The van der Waals surface area contributed by atoms with Crippen molar-refractivity contribution in [3.63, 3.8) is 0 Å². The molecule has 0 bridgehead atoms. The van der Waals surface area contributed by atoms with Crippen molar-refractivity contribution in [1.29, 1.82) is 0 Å². The lowest BCUT2D eigenvalue weighted by molar-refractivity contribution is -0.121. The van der Waals surface area contributed by atoms with Crippen LogP contribution in [0.4, 0.5) is 0 Å². The van der Waals surface area contributed by atoms with E-state index in [2.05, 4.69) is 29.0 Å². The number of ether oxygens (including phenoxy) is 1. The number of carbonyl (C=O) groups is 1. The first-order chi connectivity index (χ1) is 12.6. The zero-order valence-corrected chi connectivity index (χ0v) is 15.9. The molecule has 1 aliphatic heterocycles. The molecule has 0 radical (unpaired) electrons. The summed E-state index contributed by atoms with van der Waals surface area (Å²) >= 11 is 0. The largest absolute Gasteiger partial charge is 0.379 e. The highest BCUT2D eigenvalue weighted by Gasteiger charge is 2.22. The third-order valence-corrected chi connectivity index (χ3v) is 4.95. The van der Waals surface area contributed by atoms with Gasteiger partial charge in [0.2, 0.25) is 5.91 Å². The fourth-order valence-corrected chi connectivity index (χ4v) is 3.58. The van der Waals surface area contributed by atoms with Gasteiger partial charge in [-0.15, -0.1) is 0 Å². The highest BCUT2D eigenvalue weighted by Crippen LogP contribution is 2.14. The van der Waals surface area contributed by atoms with E-state index in [0.29, 0.717) is 31.5 Å². The third-order valence-electron chi connectivity index (χ3n) is 4.95. The number of imidazole rings is 1. The topological polar surface area (TPSA) is 59.4 Å². The summed E-state index contributed by atoms with van der Waals surface area (Å²) in [6, 6.07) is 8.39. The smallest absolute Gasteiger partial charge is 0.221 e. The molecular formula is C20H30N4O2. The molecule has 6 heteroatoms. The Labute approximate surface area is 155 Å². The van der Waals surface area contributed by atoms with E-state index in [1.807, 2.05) is 35.2 Å². The lowest BCUT2D eigenvalue weighted by Crippen LogP contribution is -2.49. The lowest BCUT2D eigenvalue weighted by atomic mass is 10.0. The summed E-state index contributed by atoms with van der Waals surface area (Å²) in [6.45, 7) is 9.31. The molecule has 142 valence electrons. The molecule has 1 aliphatic rings. The predicted octanol–water partition coefficient (Wildman–Crippen LogP) is 2.29.